The van der Waals surface area contributed by atoms with E-state index in [-0.39, 0.29) is 17.5 Å². The highest BCUT2D eigenvalue weighted by molar-refractivity contribution is 6.00. The Labute approximate surface area is 124 Å². The van der Waals surface area contributed by atoms with Crippen molar-refractivity contribution in [2.45, 2.75) is 44.9 Å². The quantitative estimate of drug-likeness (QED) is 0.394. The number of hydrogen-bond donors (Lipinski definition) is 2. The third-order valence-electron chi connectivity index (χ3n) is 4.13. The average molecular weight is 287 g/mol. The fraction of sp³-hybridized carbons (Fsp3) is 0.438. The first kappa shape index (κ1) is 13.9. The van der Waals surface area contributed by atoms with E-state index >= 15 is 0 Å². The molecule has 1 aromatic heterocycles. The van der Waals surface area contributed by atoms with E-state index in [0.29, 0.717) is 0 Å². The molecule has 1 saturated heterocycles. The molecule has 1 aliphatic rings. The van der Waals surface area contributed by atoms with Crippen LogP contribution in [0.15, 0.2) is 35.6 Å². The molecule has 0 spiro atoms. The lowest BCUT2D eigenvalue weighted by Gasteiger charge is -2.20. The van der Waals surface area contributed by atoms with Crippen LogP contribution in [0, 0.1) is 0 Å². The minimum absolute atomic E-state index is 0.0211. The molecular weight excluding hydrogens is 266 g/mol. The fourth-order valence-corrected chi connectivity index (χ4v) is 2.99. The second kappa shape index (κ2) is 5.07. The van der Waals surface area contributed by atoms with Crippen LogP contribution in [0.5, 0.6) is 0 Å². The fourth-order valence-electron chi connectivity index (χ4n) is 2.99. The van der Waals surface area contributed by atoms with Crippen molar-refractivity contribution in [3.8, 4) is 0 Å². The summed E-state index contributed by atoms with van der Waals surface area (Å²) in [4.78, 5) is 0. The number of oxime groups is 1. The Kier molecular flexibility index (Phi) is 3.37. The zero-order valence-corrected chi connectivity index (χ0v) is 12.4. The third-order valence-corrected chi connectivity index (χ3v) is 4.13. The summed E-state index contributed by atoms with van der Waals surface area (Å²) >= 11 is 0. The second-order valence-electron chi connectivity index (χ2n) is 6.27. The molecule has 1 aromatic carbocycles. The molecule has 1 fully saturated rings. The number of nitrogens with zero attached hydrogens (tertiary/aromatic N) is 2. The Morgan fingerprint density at radius 3 is 2.95 bits per heavy atom. The smallest absolute Gasteiger partial charge is 0.170 e. The van der Waals surface area contributed by atoms with Crippen molar-refractivity contribution < 1.29 is 9.94 Å². The average Bonchev–Trinajstić information content (AvgIpc) is 3.01. The number of ether oxygens (including phenoxy) is 1. The van der Waals surface area contributed by atoms with Crippen LogP contribution >= 0.6 is 0 Å². The lowest BCUT2D eigenvalue weighted by atomic mass is 10.1. The molecule has 2 heterocycles. The molecule has 5 heteroatoms. The van der Waals surface area contributed by atoms with Gasteiger partial charge in [0.05, 0.1) is 11.7 Å². The van der Waals surface area contributed by atoms with E-state index < -0.39 is 0 Å². The molecule has 2 aromatic rings. The summed E-state index contributed by atoms with van der Waals surface area (Å²) in [6.45, 7) is 5.10. The molecule has 0 radical (unpaired) electrons. The minimum atomic E-state index is -0.0211. The first-order valence-corrected chi connectivity index (χ1v) is 7.23. The van der Waals surface area contributed by atoms with Crippen LogP contribution in [0.4, 0.5) is 0 Å². The predicted molar refractivity (Wildman–Crippen MR) is 82.6 cm³/mol. The van der Waals surface area contributed by atoms with Crippen molar-refractivity contribution in [1.29, 1.82) is 0 Å². The Balaban J connectivity index is 1.89. The van der Waals surface area contributed by atoms with Gasteiger partial charge in [0.2, 0.25) is 0 Å². The lowest BCUT2D eigenvalue weighted by molar-refractivity contribution is -0.0212. The third kappa shape index (κ3) is 2.74. The largest absolute Gasteiger partial charge is 0.409 e. The first-order chi connectivity index (χ1) is 9.98. The normalized spacial score (nSPS) is 22.0. The molecule has 3 N–H and O–H groups in total. The van der Waals surface area contributed by atoms with Gasteiger partial charge in [0, 0.05) is 23.8 Å². The SMILES string of the molecule is CC1(C)CCC(Cn2ccc3ccc(/C(N)=N/O)cc32)O1. The van der Waals surface area contributed by atoms with Gasteiger partial charge in [0.1, 0.15) is 0 Å². The number of rotatable bonds is 3. The van der Waals surface area contributed by atoms with Gasteiger partial charge in [-0.05, 0) is 44.2 Å². The van der Waals surface area contributed by atoms with Crippen molar-refractivity contribution in [3.63, 3.8) is 0 Å². The van der Waals surface area contributed by atoms with Gasteiger partial charge in [0.25, 0.3) is 0 Å². The lowest BCUT2D eigenvalue weighted by Crippen LogP contribution is -2.22. The minimum Gasteiger partial charge on any atom is -0.409 e. The highest BCUT2D eigenvalue weighted by Crippen LogP contribution is 2.31. The van der Waals surface area contributed by atoms with Crippen LogP contribution in [0.1, 0.15) is 32.3 Å². The van der Waals surface area contributed by atoms with Gasteiger partial charge >= 0.3 is 0 Å². The van der Waals surface area contributed by atoms with Gasteiger partial charge in [-0.15, -0.1) is 0 Å². The molecule has 0 amide bonds. The maximum atomic E-state index is 8.80. The molecule has 1 unspecified atom stereocenters. The van der Waals surface area contributed by atoms with Crippen LogP contribution in [-0.4, -0.2) is 27.3 Å². The number of hydrogen-bond acceptors (Lipinski definition) is 3. The number of amidine groups is 1. The topological polar surface area (TPSA) is 72.8 Å². The molecule has 3 rings (SSSR count). The van der Waals surface area contributed by atoms with Crippen LogP contribution in [0.25, 0.3) is 10.9 Å². The highest BCUT2D eigenvalue weighted by Gasteiger charge is 2.31. The Hall–Kier alpha value is -2.01. The van der Waals surface area contributed by atoms with Gasteiger partial charge in [-0.25, -0.2) is 0 Å². The molecule has 0 bridgehead atoms. The van der Waals surface area contributed by atoms with Crippen molar-refractivity contribution in [2.75, 3.05) is 0 Å². The maximum Gasteiger partial charge on any atom is 0.170 e. The molecule has 21 heavy (non-hydrogen) atoms. The molecular formula is C16H21N3O2. The van der Waals surface area contributed by atoms with Crippen molar-refractivity contribution in [1.82, 2.24) is 4.57 Å². The zero-order chi connectivity index (χ0) is 15.0. The van der Waals surface area contributed by atoms with Crippen molar-refractivity contribution in [2.24, 2.45) is 10.9 Å². The monoisotopic (exact) mass is 287 g/mol. The van der Waals surface area contributed by atoms with Crippen LogP contribution in [0.3, 0.4) is 0 Å². The number of fused-ring (bicyclic) bond motifs is 1. The Bertz CT molecular complexity index is 688. The van der Waals surface area contributed by atoms with Gasteiger partial charge in [-0.1, -0.05) is 17.3 Å². The maximum absolute atomic E-state index is 8.80. The summed E-state index contributed by atoms with van der Waals surface area (Å²) in [5, 5.41) is 13.0. The number of benzene rings is 1. The van der Waals surface area contributed by atoms with E-state index in [9.17, 15) is 0 Å². The Morgan fingerprint density at radius 2 is 2.29 bits per heavy atom. The van der Waals surface area contributed by atoms with Gasteiger partial charge in [-0.2, -0.15) is 0 Å². The van der Waals surface area contributed by atoms with E-state index in [4.69, 9.17) is 15.7 Å². The van der Waals surface area contributed by atoms with E-state index in [1.54, 1.807) is 0 Å². The van der Waals surface area contributed by atoms with E-state index in [2.05, 4.69) is 35.8 Å². The molecule has 1 aliphatic heterocycles. The van der Waals surface area contributed by atoms with E-state index in [1.165, 1.54) is 0 Å². The molecule has 0 aliphatic carbocycles. The van der Waals surface area contributed by atoms with E-state index in [1.807, 2.05) is 18.2 Å². The first-order valence-electron chi connectivity index (χ1n) is 7.23. The summed E-state index contributed by atoms with van der Waals surface area (Å²) in [6, 6.07) is 7.87. The zero-order valence-electron chi connectivity index (χ0n) is 12.4. The van der Waals surface area contributed by atoms with Gasteiger partial charge in [0.15, 0.2) is 5.84 Å². The summed E-state index contributed by atoms with van der Waals surface area (Å²) in [5.74, 6) is 0.128. The molecule has 5 nitrogen and oxygen atoms in total. The van der Waals surface area contributed by atoms with Gasteiger partial charge in [-0.3, -0.25) is 0 Å². The standard InChI is InChI=1S/C16H21N3O2/c1-16(2)7-5-13(21-16)10-19-8-6-11-3-4-12(9-14(11)19)15(17)18-20/h3-4,6,8-9,13,20H,5,7,10H2,1-2H3,(H2,17,18). The number of aromatic nitrogens is 1. The molecule has 1 atom stereocenters. The highest BCUT2D eigenvalue weighted by atomic mass is 16.5. The second-order valence-corrected chi connectivity index (χ2v) is 6.27. The molecule has 0 saturated carbocycles. The summed E-state index contributed by atoms with van der Waals surface area (Å²) in [7, 11) is 0. The van der Waals surface area contributed by atoms with Crippen LogP contribution < -0.4 is 5.73 Å². The summed E-state index contributed by atoms with van der Waals surface area (Å²) in [6.07, 6.45) is 4.47. The Morgan fingerprint density at radius 1 is 1.48 bits per heavy atom. The summed E-state index contributed by atoms with van der Waals surface area (Å²) in [5.41, 5.74) is 7.44. The van der Waals surface area contributed by atoms with Crippen molar-refractivity contribution >= 4 is 16.7 Å². The van der Waals surface area contributed by atoms with E-state index in [0.717, 1.165) is 35.9 Å². The van der Waals surface area contributed by atoms with Crippen molar-refractivity contribution in [3.05, 3.63) is 36.0 Å². The predicted octanol–water partition coefficient (Wildman–Crippen LogP) is 2.69. The van der Waals surface area contributed by atoms with Gasteiger partial charge < -0.3 is 20.2 Å². The molecule has 112 valence electrons. The van der Waals surface area contributed by atoms with Crippen LogP contribution in [0.2, 0.25) is 0 Å². The number of nitrogens with two attached hydrogens (primary N) is 1. The van der Waals surface area contributed by atoms with Crippen LogP contribution in [-0.2, 0) is 11.3 Å². The summed E-state index contributed by atoms with van der Waals surface area (Å²) < 4.78 is 8.24.